The minimum absolute atomic E-state index is 0.181. The molecule has 1 fully saturated rings. The molecule has 4 heterocycles. The summed E-state index contributed by atoms with van der Waals surface area (Å²) < 4.78 is 7.27. The lowest BCUT2D eigenvalue weighted by atomic mass is 10.00. The molecule has 0 aliphatic carbocycles. The van der Waals surface area contributed by atoms with E-state index in [1.54, 1.807) is 11.3 Å². The molecule has 1 aliphatic heterocycles. The summed E-state index contributed by atoms with van der Waals surface area (Å²) in [5.41, 5.74) is 6.29. The van der Waals surface area contributed by atoms with E-state index < -0.39 is 0 Å². The molecule has 0 radical (unpaired) electrons. The van der Waals surface area contributed by atoms with Gasteiger partial charge in [0, 0.05) is 24.0 Å². The summed E-state index contributed by atoms with van der Waals surface area (Å²) in [6.45, 7) is 1.57. The zero-order chi connectivity index (χ0) is 14.2. The highest BCUT2D eigenvalue weighted by atomic mass is 32.1. The van der Waals surface area contributed by atoms with E-state index in [4.69, 9.17) is 10.5 Å². The van der Waals surface area contributed by atoms with Crippen molar-refractivity contribution >= 4 is 27.6 Å². The van der Waals surface area contributed by atoms with Crippen molar-refractivity contribution in [3.05, 3.63) is 33.2 Å². The number of thiophene rings is 1. The minimum atomic E-state index is -0.181. The smallest absolute Gasteiger partial charge is 0.234 e. The van der Waals surface area contributed by atoms with Crippen molar-refractivity contribution in [3.8, 4) is 0 Å². The van der Waals surface area contributed by atoms with Gasteiger partial charge < -0.3 is 10.5 Å². The summed E-state index contributed by atoms with van der Waals surface area (Å²) in [5, 5.41) is 16.1. The standard InChI is InChI=1S/C13H15N5OS2/c14-10(9-2-1-7-20-9)12-17-18-11(15-16-13(18)21-12)8-3-5-19-6-4-8/h1-2,7-8,10H,3-6,14H2. The van der Waals surface area contributed by atoms with E-state index in [0.717, 1.165) is 46.7 Å². The lowest BCUT2D eigenvalue weighted by Gasteiger charge is -2.19. The van der Waals surface area contributed by atoms with Gasteiger partial charge in [0.05, 0.1) is 6.04 Å². The molecule has 2 N–H and O–H groups in total. The van der Waals surface area contributed by atoms with Crippen LogP contribution >= 0.6 is 22.7 Å². The van der Waals surface area contributed by atoms with Crippen molar-refractivity contribution in [2.24, 2.45) is 5.73 Å². The summed E-state index contributed by atoms with van der Waals surface area (Å²) >= 11 is 3.17. The van der Waals surface area contributed by atoms with Gasteiger partial charge in [0.15, 0.2) is 5.82 Å². The highest BCUT2D eigenvalue weighted by Gasteiger charge is 2.24. The van der Waals surface area contributed by atoms with E-state index in [9.17, 15) is 0 Å². The first kappa shape index (κ1) is 13.3. The number of fused-ring (bicyclic) bond motifs is 1. The van der Waals surface area contributed by atoms with Crippen molar-refractivity contribution in [3.63, 3.8) is 0 Å². The molecule has 1 saturated heterocycles. The van der Waals surface area contributed by atoms with Crippen LogP contribution in [-0.2, 0) is 4.74 Å². The summed E-state index contributed by atoms with van der Waals surface area (Å²) in [5.74, 6) is 1.32. The van der Waals surface area contributed by atoms with Crippen molar-refractivity contribution in [1.29, 1.82) is 0 Å². The van der Waals surface area contributed by atoms with E-state index in [1.165, 1.54) is 11.3 Å². The Hall–Kier alpha value is -1.35. The van der Waals surface area contributed by atoms with Crippen LogP contribution in [-0.4, -0.2) is 33.0 Å². The van der Waals surface area contributed by atoms with Crippen LogP contribution in [0.15, 0.2) is 17.5 Å². The van der Waals surface area contributed by atoms with Gasteiger partial charge in [0.25, 0.3) is 0 Å². The topological polar surface area (TPSA) is 78.3 Å². The van der Waals surface area contributed by atoms with Crippen LogP contribution in [0.2, 0.25) is 0 Å². The third kappa shape index (κ3) is 2.38. The van der Waals surface area contributed by atoms with Gasteiger partial charge in [-0.1, -0.05) is 17.4 Å². The summed E-state index contributed by atoms with van der Waals surface area (Å²) in [6, 6.07) is 3.87. The van der Waals surface area contributed by atoms with Gasteiger partial charge in [0.2, 0.25) is 4.96 Å². The van der Waals surface area contributed by atoms with Gasteiger partial charge in [0.1, 0.15) is 5.01 Å². The number of hydrogen-bond acceptors (Lipinski definition) is 7. The third-order valence-corrected chi connectivity index (χ3v) is 5.67. The van der Waals surface area contributed by atoms with E-state index in [2.05, 4.69) is 15.3 Å². The third-order valence-electron chi connectivity index (χ3n) is 3.73. The molecule has 6 nitrogen and oxygen atoms in total. The number of rotatable bonds is 3. The molecule has 0 saturated carbocycles. The Kier molecular flexibility index (Phi) is 3.46. The predicted molar refractivity (Wildman–Crippen MR) is 81.8 cm³/mol. The molecular weight excluding hydrogens is 306 g/mol. The van der Waals surface area contributed by atoms with E-state index >= 15 is 0 Å². The van der Waals surface area contributed by atoms with Crippen LogP contribution in [0.1, 0.15) is 40.5 Å². The molecule has 4 rings (SSSR count). The Morgan fingerprint density at radius 1 is 1.33 bits per heavy atom. The number of nitrogens with two attached hydrogens (primary N) is 1. The molecule has 8 heteroatoms. The first-order valence-corrected chi connectivity index (χ1v) is 8.61. The van der Waals surface area contributed by atoms with Crippen LogP contribution < -0.4 is 5.73 Å². The van der Waals surface area contributed by atoms with Gasteiger partial charge in [-0.05, 0) is 24.3 Å². The van der Waals surface area contributed by atoms with Crippen molar-refractivity contribution in [2.45, 2.75) is 24.8 Å². The van der Waals surface area contributed by atoms with Gasteiger partial charge in [-0.2, -0.15) is 9.61 Å². The normalized spacial score (nSPS) is 18.3. The van der Waals surface area contributed by atoms with Crippen molar-refractivity contribution in [2.75, 3.05) is 13.2 Å². The molecular formula is C13H15N5OS2. The molecule has 1 aliphatic rings. The first-order chi connectivity index (χ1) is 10.3. The van der Waals surface area contributed by atoms with Gasteiger partial charge >= 0.3 is 0 Å². The largest absolute Gasteiger partial charge is 0.381 e. The second kappa shape index (κ2) is 5.45. The van der Waals surface area contributed by atoms with Gasteiger partial charge in [-0.25, -0.2) is 0 Å². The SMILES string of the molecule is NC(c1cccs1)c1nn2c(C3CCOCC3)nnc2s1. The molecule has 0 spiro atoms. The molecule has 21 heavy (non-hydrogen) atoms. The molecule has 3 aromatic heterocycles. The molecule has 0 aromatic carbocycles. The lowest BCUT2D eigenvalue weighted by molar-refractivity contribution is 0.0831. The summed E-state index contributed by atoms with van der Waals surface area (Å²) in [6.07, 6.45) is 1.95. The molecule has 3 aromatic rings. The van der Waals surface area contributed by atoms with Crippen LogP contribution in [0, 0.1) is 0 Å². The Morgan fingerprint density at radius 2 is 2.19 bits per heavy atom. The fraction of sp³-hybridized carbons (Fsp3) is 0.462. The maximum atomic E-state index is 6.29. The fourth-order valence-corrected chi connectivity index (χ4v) is 4.24. The molecule has 0 bridgehead atoms. The Balaban J connectivity index is 1.68. The summed E-state index contributed by atoms with van der Waals surface area (Å²) in [4.78, 5) is 1.94. The van der Waals surface area contributed by atoms with E-state index in [-0.39, 0.29) is 6.04 Å². The number of ether oxygens (including phenoxy) is 1. The molecule has 110 valence electrons. The summed E-state index contributed by atoms with van der Waals surface area (Å²) in [7, 11) is 0. The monoisotopic (exact) mass is 321 g/mol. The second-order valence-corrected chi connectivity index (χ2v) is 7.04. The Bertz CT molecular complexity index is 729. The van der Waals surface area contributed by atoms with Crippen molar-refractivity contribution in [1.82, 2.24) is 19.8 Å². The van der Waals surface area contributed by atoms with E-state index in [0.29, 0.717) is 5.92 Å². The molecule has 1 atom stereocenters. The zero-order valence-corrected chi connectivity index (χ0v) is 12.9. The quantitative estimate of drug-likeness (QED) is 0.800. The molecule has 1 unspecified atom stereocenters. The maximum Gasteiger partial charge on any atom is 0.234 e. The predicted octanol–water partition coefficient (Wildman–Crippen LogP) is 2.19. The van der Waals surface area contributed by atoms with Crippen LogP contribution in [0.25, 0.3) is 4.96 Å². The van der Waals surface area contributed by atoms with Crippen LogP contribution in [0.5, 0.6) is 0 Å². The van der Waals surface area contributed by atoms with Crippen LogP contribution in [0.4, 0.5) is 0 Å². The van der Waals surface area contributed by atoms with Crippen molar-refractivity contribution < 1.29 is 4.74 Å². The maximum absolute atomic E-state index is 6.29. The first-order valence-electron chi connectivity index (χ1n) is 6.91. The Morgan fingerprint density at radius 3 is 2.95 bits per heavy atom. The highest BCUT2D eigenvalue weighted by molar-refractivity contribution is 7.17. The van der Waals surface area contributed by atoms with Gasteiger partial charge in [-0.3, -0.25) is 0 Å². The highest BCUT2D eigenvalue weighted by Crippen LogP contribution is 2.30. The zero-order valence-electron chi connectivity index (χ0n) is 11.3. The second-order valence-electron chi connectivity index (χ2n) is 5.07. The van der Waals surface area contributed by atoms with E-state index in [1.807, 2.05) is 22.0 Å². The number of aromatic nitrogens is 4. The molecule has 0 amide bonds. The Labute approximate surface area is 129 Å². The minimum Gasteiger partial charge on any atom is -0.381 e. The lowest BCUT2D eigenvalue weighted by Crippen LogP contribution is -2.17. The average molecular weight is 321 g/mol. The fourth-order valence-electron chi connectivity index (χ4n) is 2.57. The number of nitrogens with zero attached hydrogens (tertiary/aromatic N) is 4. The van der Waals surface area contributed by atoms with Gasteiger partial charge in [-0.15, -0.1) is 21.5 Å². The van der Waals surface area contributed by atoms with Crippen LogP contribution in [0.3, 0.4) is 0 Å². The average Bonchev–Trinajstić information content (AvgIpc) is 3.23. The number of hydrogen-bond donors (Lipinski definition) is 1.